The Labute approximate surface area is 97.3 Å². The van der Waals surface area contributed by atoms with Gasteiger partial charge in [0.2, 0.25) is 0 Å². The molecule has 0 saturated heterocycles. The van der Waals surface area contributed by atoms with Gasteiger partial charge in [0.25, 0.3) is 0 Å². The van der Waals surface area contributed by atoms with Crippen LogP contribution >= 0.6 is 11.6 Å². The number of hydrogen-bond donors (Lipinski definition) is 1. The van der Waals surface area contributed by atoms with Crippen LogP contribution in [-0.4, -0.2) is 9.97 Å². The SMILES string of the molecule is Cc1ccc(Nc2cncc(Cl)n2)cc1F. The van der Waals surface area contributed by atoms with Crippen molar-refractivity contribution < 1.29 is 4.39 Å². The topological polar surface area (TPSA) is 37.8 Å². The number of benzene rings is 1. The minimum atomic E-state index is -0.264. The zero-order chi connectivity index (χ0) is 11.5. The second-order valence-electron chi connectivity index (χ2n) is 3.32. The Morgan fingerprint density at radius 1 is 1.31 bits per heavy atom. The van der Waals surface area contributed by atoms with E-state index in [1.807, 2.05) is 0 Å². The molecule has 0 amide bonds. The van der Waals surface area contributed by atoms with Gasteiger partial charge in [0.1, 0.15) is 11.0 Å². The Morgan fingerprint density at radius 3 is 2.81 bits per heavy atom. The van der Waals surface area contributed by atoms with Crippen molar-refractivity contribution in [3.8, 4) is 0 Å². The van der Waals surface area contributed by atoms with Crippen LogP contribution in [0.15, 0.2) is 30.6 Å². The minimum Gasteiger partial charge on any atom is -0.339 e. The van der Waals surface area contributed by atoms with E-state index in [1.165, 1.54) is 18.5 Å². The molecule has 1 N–H and O–H groups in total. The average Bonchev–Trinajstić information content (AvgIpc) is 2.24. The highest BCUT2D eigenvalue weighted by Gasteiger charge is 2.01. The maximum absolute atomic E-state index is 13.3. The van der Waals surface area contributed by atoms with E-state index < -0.39 is 0 Å². The van der Waals surface area contributed by atoms with Gasteiger partial charge in [-0.05, 0) is 24.6 Å². The molecule has 0 aliphatic heterocycles. The summed E-state index contributed by atoms with van der Waals surface area (Å²) in [5.41, 5.74) is 1.21. The molecule has 5 heteroatoms. The molecule has 0 aliphatic carbocycles. The molecule has 1 heterocycles. The van der Waals surface area contributed by atoms with Gasteiger partial charge in [-0.3, -0.25) is 4.98 Å². The van der Waals surface area contributed by atoms with E-state index in [0.29, 0.717) is 17.1 Å². The van der Waals surface area contributed by atoms with E-state index in [4.69, 9.17) is 11.6 Å². The third kappa shape index (κ3) is 2.46. The fourth-order valence-corrected chi connectivity index (χ4v) is 1.37. The van der Waals surface area contributed by atoms with Crippen molar-refractivity contribution in [3.63, 3.8) is 0 Å². The van der Waals surface area contributed by atoms with E-state index in [1.54, 1.807) is 19.1 Å². The number of nitrogens with one attached hydrogen (secondary N) is 1. The second kappa shape index (κ2) is 4.45. The van der Waals surface area contributed by atoms with Crippen molar-refractivity contribution in [3.05, 3.63) is 47.1 Å². The van der Waals surface area contributed by atoms with Gasteiger partial charge < -0.3 is 5.32 Å². The first kappa shape index (κ1) is 10.8. The van der Waals surface area contributed by atoms with Gasteiger partial charge in [0.05, 0.1) is 12.4 Å². The molecule has 2 aromatic rings. The maximum atomic E-state index is 13.3. The van der Waals surface area contributed by atoms with Gasteiger partial charge in [0.15, 0.2) is 5.82 Å². The molecule has 2 rings (SSSR count). The largest absolute Gasteiger partial charge is 0.339 e. The highest BCUT2D eigenvalue weighted by atomic mass is 35.5. The van der Waals surface area contributed by atoms with Crippen LogP contribution in [0.5, 0.6) is 0 Å². The standard InChI is InChI=1S/C11H9ClFN3/c1-7-2-3-8(4-9(7)13)15-11-6-14-5-10(12)16-11/h2-6H,1H3,(H,15,16). The van der Waals surface area contributed by atoms with Crippen molar-refractivity contribution in [2.45, 2.75) is 6.92 Å². The zero-order valence-corrected chi connectivity index (χ0v) is 9.29. The number of rotatable bonds is 2. The van der Waals surface area contributed by atoms with Crippen molar-refractivity contribution in [1.29, 1.82) is 0 Å². The van der Waals surface area contributed by atoms with Crippen LogP contribution in [0.25, 0.3) is 0 Å². The van der Waals surface area contributed by atoms with Crippen LogP contribution in [0.1, 0.15) is 5.56 Å². The second-order valence-corrected chi connectivity index (χ2v) is 3.70. The van der Waals surface area contributed by atoms with Gasteiger partial charge in [0, 0.05) is 5.69 Å². The van der Waals surface area contributed by atoms with E-state index in [9.17, 15) is 4.39 Å². The molecule has 0 unspecified atom stereocenters. The normalized spacial score (nSPS) is 10.2. The monoisotopic (exact) mass is 237 g/mol. The van der Waals surface area contributed by atoms with Crippen LogP contribution in [0.4, 0.5) is 15.9 Å². The molecule has 0 bridgehead atoms. The summed E-state index contributed by atoms with van der Waals surface area (Å²) in [6.45, 7) is 1.71. The summed E-state index contributed by atoms with van der Waals surface area (Å²) in [4.78, 5) is 7.86. The Kier molecular flexibility index (Phi) is 3.01. The summed E-state index contributed by atoms with van der Waals surface area (Å²) < 4.78 is 13.3. The quantitative estimate of drug-likeness (QED) is 0.871. The van der Waals surface area contributed by atoms with Crippen LogP contribution in [0.3, 0.4) is 0 Å². The summed E-state index contributed by atoms with van der Waals surface area (Å²) in [7, 11) is 0. The zero-order valence-electron chi connectivity index (χ0n) is 8.54. The average molecular weight is 238 g/mol. The number of hydrogen-bond acceptors (Lipinski definition) is 3. The van der Waals surface area contributed by atoms with Crippen molar-refractivity contribution >= 4 is 23.1 Å². The minimum absolute atomic E-state index is 0.264. The number of aryl methyl sites for hydroxylation is 1. The Bertz CT molecular complexity index is 516. The first-order valence-corrected chi connectivity index (χ1v) is 5.03. The van der Waals surface area contributed by atoms with E-state index in [-0.39, 0.29) is 11.0 Å². The first-order valence-electron chi connectivity index (χ1n) is 4.66. The molecular formula is C11H9ClFN3. The summed E-state index contributed by atoms with van der Waals surface area (Å²) in [6, 6.07) is 4.86. The van der Waals surface area contributed by atoms with Crippen LogP contribution in [0, 0.1) is 12.7 Å². The highest BCUT2D eigenvalue weighted by Crippen LogP contribution is 2.18. The Morgan fingerprint density at radius 2 is 2.12 bits per heavy atom. The molecule has 0 atom stereocenters. The van der Waals surface area contributed by atoms with Gasteiger partial charge in [-0.2, -0.15) is 0 Å². The fraction of sp³-hybridized carbons (Fsp3) is 0.0909. The molecular weight excluding hydrogens is 229 g/mol. The van der Waals surface area contributed by atoms with Crippen LogP contribution < -0.4 is 5.32 Å². The lowest BCUT2D eigenvalue weighted by molar-refractivity contribution is 0.619. The number of aromatic nitrogens is 2. The Balaban J connectivity index is 2.24. The molecule has 0 fully saturated rings. The lowest BCUT2D eigenvalue weighted by Gasteiger charge is -2.06. The van der Waals surface area contributed by atoms with Gasteiger partial charge in [-0.25, -0.2) is 9.37 Å². The van der Waals surface area contributed by atoms with E-state index in [2.05, 4.69) is 15.3 Å². The predicted octanol–water partition coefficient (Wildman–Crippen LogP) is 3.32. The smallest absolute Gasteiger partial charge is 0.150 e. The third-order valence-corrected chi connectivity index (χ3v) is 2.23. The van der Waals surface area contributed by atoms with Gasteiger partial charge >= 0.3 is 0 Å². The summed E-state index contributed by atoms with van der Waals surface area (Å²) in [5, 5.41) is 3.20. The van der Waals surface area contributed by atoms with Crippen LogP contribution in [-0.2, 0) is 0 Å². The summed E-state index contributed by atoms with van der Waals surface area (Å²) >= 11 is 5.68. The Hall–Kier alpha value is -1.68. The number of halogens is 2. The molecule has 1 aromatic heterocycles. The lowest BCUT2D eigenvalue weighted by Crippen LogP contribution is -1.95. The van der Waals surface area contributed by atoms with Gasteiger partial charge in [-0.15, -0.1) is 0 Å². The third-order valence-electron chi connectivity index (χ3n) is 2.05. The van der Waals surface area contributed by atoms with Crippen molar-refractivity contribution in [2.24, 2.45) is 0 Å². The van der Waals surface area contributed by atoms with Crippen molar-refractivity contribution in [1.82, 2.24) is 9.97 Å². The molecule has 16 heavy (non-hydrogen) atoms. The fourth-order valence-electron chi connectivity index (χ4n) is 1.22. The first-order chi connectivity index (χ1) is 7.65. The lowest BCUT2D eigenvalue weighted by atomic mass is 10.2. The summed E-state index contributed by atoms with van der Waals surface area (Å²) in [5.74, 6) is 0.218. The number of anilines is 2. The van der Waals surface area contributed by atoms with E-state index in [0.717, 1.165) is 0 Å². The van der Waals surface area contributed by atoms with Crippen LogP contribution in [0.2, 0.25) is 5.15 Å². The molecule has 0 aliphatic rings. The predicted molar refractivity (Wildman–Crippen MR) is 61.5 cm³/mol. The molecule has 3 nitrogen and oxygen atoms in total. The molecule has 0 spiro atoms. The molecule has 82 valence electrons. The van der Waals surface area contributed by atoms with Gasteiger partial charge in [-0.1, -0.05) is 17.7 Å². The van der Waals surface area contributed by atoms with Crippen molar-refractivity contribution in [2.75, 3.05) is 5.32 Å². The summed E-state index contributed by atoms with van der Waals surface area (Å²) in [6.07, 6.45) is 2.95. The highest BCUT2D eigenvalue weighted by molar-refractivity contribution is 6.29. The number of nitrogens with zero attached hydrogens (tertiary/aromatic N) is 2. The molecule has 1 aromatic carbocycles. The molecule has 0 radical (unpaired) electrons. The molecule has 0 saturated carbocycles. The maximum Gasteiger partial charge on any atom is 0.150 e. The van der Waals surface area contributed by atoms with E-state index >= 15 is 0 Å².